The first-order chi connectivity index (χ1) is 14.4. The minimum atomic E-state index is -0.343. The van der Waals surface area contributed by atoms with E-state index in [9.17, 15) is 14.4 Å². The van der Waals surface area contributed by atoms with Gasteiger partial charge in [0.25, 0.3) is 0 Å². The number of amidine groups is 1. The van der Waals surface area contributed by atoms with E-state index in [0.29, 0.717) is 6.54 Å². The zero-order chi connectivity index (χ0) is 21.3. The minimum Gasteiger partial charge on any atom is -0.285 e. The summed E-state index contributed by atoms with van der Waals surface area (Å²) in [4.78, 5) is 46.3. The number of carbonyl (C=O) groups is 3. The van der Waals surface area contributed by atoms with Crippen molar-refractivity contribution in [1.29, 1.82) is 0 Å². The number of carbonyl (C=O) groups excluding carboxylic acids is 3. The zero-order valence-electron chi connectivity index (χ0n) is 17.7. The predicted molar refractivity (Wildman–Crippen MR) is 118 cm³/mol. The molecule has 1 aromatic carbocycles. The lowest BCUT2D eigenvalue weighted by Gasteiger charge is -2.31. The number of rotatable bonds is 5. The Balaban J connectivity index is 1.43. The molecule has 2 saturated heterocycles. The van der Waals surface area contributed by atoms with Crippen LogP contribution in [0.3, 0.4) is 0 Å². The number of benzene rings is 1. The molecule has 3 fully saturated rings. The number of thioether (sulfide) groups is 1. The molecule has 7 heteroatoms. The van der Waals surface area contributed by atoms with Gasteiger partial charge in [-0.3, -0.25) is 29.2 Å². The van der Waals surface area contributed by atoms with Crippen LogP contribution in [0, 0.1) is 11.8 Å². The van der Waals surface area contributed by atoms with Gasteiger partial charge in [-0.25, -0.2) is 0 Å². The van der Waals surface area contributed by atoms with Crippen molar-refractivity contribution in [3.8, 4) is 0 Å². The van der Waals surface area contributed by atoms with Gasteiger partial charge >= 0.3 is 0 Å². The normalized spacial score (nSPS) is 27.1. The lowest BCUT2D eigenvalue weighted by molar-refractivity contribution is -0.140. The van der Waals surface area contributed by atoms with Gasteiger partial charge in [-0.2, -0.15) is 0 Å². The molecule has 4 rings (SSSR count). The van der Waals surface area contributed by atoms with Crippen molar-refractivity contribution >= 4 is 34.7 Å². The highest BCUT2D eigenvalue weighted by Crippen LogP contribution is 2.38. The second-order valence-electron chi connectivity index (χ2n) is 8.99. The molecule has 2 heterocycles. The largest absolute Gasteiger partial charge is 0.285 e. The number of imide groups is 1. The first-order valence-electron chi connectivity index (χ1n) is 10.8. The average molecular weight is 428 g/mol. The molecule has 2 atom stereocenters. The standard InChI is InChI=1S/C23H29N3O3S/c1-23(2)15-30-22(24-14-16-8-4-3-5-9-16)26(23)19(27)12-13-25-20(28)17-10-6-7-11-18(17)21(25)29/h3-5,8-9,17-18H,6-7,10-15H2,1-2H3/t17-,18-/m1/s1. The third-order valence-corrected chi connectivity index (χ3v) is 7.74. The van der Waals surface area contributed by atoms with Crippen LogP contribution in [0.25, 0.3) is 0 Å². The fourth-order valence-corrected chi connectivity index (χ4v) is 5.95. The Hall–Kier alpha value is -2.15. The highest BCUT2D eigenvalue weighted by Gasteiger charge is 2.48. The number of aliphatic imine (C=N–C) groups is 1. The quantitative estimate of drug-likeness (QED) is 0.675. The summed E-state index contributed by atoms with van der Waals surface area (Å²) < 4.78 is 0. The molecule has 3 aliphatic rings. The molecule has 1 aliphatic carbocycles. The van der Waals surface area contributed by atoms with E-state index in [4.69, 9.17) is 4.99 Å². The van der Waals surface area contributed by atoms with Crippen LogP contribution in [-0.4, -0.2) is 50.5 Å². The van der Waals surface area contributed by atoms with Crippen LogP contribution in [0.4, 0.5) is 0 Å². The Kier molecular flexibility index (Phi) is 6.00. The van der Waals surface area contributed by atoms with Crippen LogP contribution in [-0.2, 0) is 20.9 Å². The summed E-state index contributed by atoms with van der Waals surface area (Å²) in [6.07, 6.45) is 3.75. The van der Waals surface area contributed by atoms with Gasteiger partial charge in [-0.05, 0) is 32.3 Å². The number of likely N-dealkylation sites (tertiary alicyclic amines) is 1. The van der Waals surface area contributed by atoms with E-state index in [0.717, 1.165) is 42.2 Å². The van der Waals surface area contributed by atoms with Crippen LogP contribution in [0.5, 0.6) is 0 Å². The van der Waals surface area contributed by atoms with Crippen LogP contribution < -0.4 is 0 Å². The summed E-state index contributed by atoms with van der Waals surface area (Å²) in [6.45, 7) is 4.76. The second-order valence-corrected chi connectivity index (χ2v) is 9.93. The molecule has 1 aromatic rings. The van der Waals surface area contributed by atoms with Gasteiger partial charge in [0.15, 0.2) is 5.17 Å². The van der Waals surface area contributed by atoms with E-state index in [-0.39, 0.29) is 48.1 Å². The van der Waals surface area contributed by atoms with Crippen LogP contribution in [0.2, 0.25) is 0 Å². The second kappa shape index (κ2) is 8.53. The summed E-state index contributed by atoms with van der Waals surface area (Å²) in [7, 11) is 0. The molecule has 0 spiro atoms. The predicted octanol–water partition coefficient (Wildman–Crippen LogP) is 3.46. The Morgan fingerprint density at radius 1 is 1.10 bits per heavy atom. The van der Waals surface area contributed by atoms with Gasteiger partial charge in [0, 0.05) is 18.7 Å². The van der Waals surface area contributed by atoms with E-state index < -0.39 is 0 Å². The molecule has 0 bridgehead atoms. The van der Waals surface area contributed by atoms with E-state index in [1.165, 1.54) is 4.90 Å². The first kappa shape index (κ1) is 21.1. The molecular weight excluding hydrogens is 398 g/mol. The molecule has 30 heavy (non-hydrogen) atoms. The molecule has 3 amide bonds. The van der Waals surface area contributed by atoms with Gasteiger partial charge < -0.3 is 0 Å². The van der Waals surface area contributed by atoms with Gasteiger partial charge in [0.1, 0.15) is 0 Å². The molecule has 2 aliphatic heterocycles. The number of hydrogen-bond donors (Lipinski definition) is 0. The lowest BCUT2D eigenvalue weighted by Crippen LogP contribution is -2.47. The van der Waals surface area contributed by atoms with Crippen molar-refractivity contribution in [2.24, 2.45) is 16.8 Å². The highest BCUT2D eigenvalue weighted by molar-refractivity contribution is 8.14. The van der Waals surface area contributed by atoms with Crippen LogP contribution >= 0.6 is 11.8 Å². The number of amides is 3. The minimum absolute atomic E-state index is 0.0766. The Morgan fingerprint density at radius 3 is 2.37 bits per heavy atom. The van der Waals surface area contributed by atoms with Gasteiger partial charge in [-0.15, -0.1) is 0 Å². The molecular formula is C23H29N3O3S. The van der Waals surface area contributed by atoms with Crippen molar-refractivity contribution in [1.82, 2.24) is 9.80 Å². The third kappa shape index (κ3) is 4.04. The molecule has 0 N–H and O–H groups in total. The fraction of sp³-hybridized carbons (Fsp3) is 0.565. The Bertz CT molecular complexity index is 844. The van der Waals surface area contributed by atoms with Gasteiger partial charge in [-0.1, -0.05) is 54.9 Å². The summed E-state index contributed by atoms with van der Waals surface area (Å²) in [6, 6.07) is 9.96. The maximum atomic E-state index is 13.1. The number of fused-ring (bicyclic) bond motifs is 1. The summed E-state index contributed by atoms with van der Waals surface area (Å²) in [5.41, 5.74) is 0.753. The Labute approximate surface area is 182 Å². The molecule has 0 radical (unpaired) electrons. The Morgan fingerprint density at radius 2 is 1.73 bits per heavy atom. The SMILES string of the molecule is CC1(C)CSC(=NCc2ccccc2)N1C(=O)CCN1C(=O)[C@@H]2CCCC[C@H]2C1=O. The summed E-state index contributed by atoms with van der Waals surface area (Å²) >= 11 is 1.59. The zero-order valence-corrected chi connectivity index (χ0v) is 18.5. The van der Waals surface area contributed by atoms with E-state index in [1.54, 1.807) is 16.7 Å². The monoisotopic (exact) mass is 427 g/mol. The van der Waals surface area contributed by atoms with E-state index >= 15 is 0 Å². The maximum absolute atomic E-state index is 13.1. The van der Waals surface area contributed by atoms with E-state index in [1.807, 2.05) is 44.2 Å². The van der Waals surface area contributed by atoms with Gasteiger partial charge in [0.2, 0.25) is 17.7 Å². The van der Waals surface area contributed by atoms with Crippen molar-refractivity contribution in [3.63, 3.8) is 0 Å². The molecule has 0 aromatic heterocycles. The topological polar surface area (TPSA) is 70.1 Å². The average Bonchev–Trinajstić information content (AvgIpc) is 3.18. The van der Waals surface area contributed by atoms with Crippen molar-refractivity contribution in [3.05, 3.63) is 35.9 Å². The first-order valence-corrected chi connectivity index (χ1v) is 11.8. The number of hydrogen-bond acceptors (Lipinski definition) is 5. The van der Waals surface area contributed by atoms with Crippen molar-refractivity contribution in [2.45, 2.75) is 58.0 Å². The summed E-state index contributed by atoms with van der Waals surface area (Å²) in [5, 5.41) is 0.724. The smallest absolute Gasteiger partial charge is 0.233 e. The molecule has 1 saturated carbocycles. The van der Waals surface area contributed by atoms with Crippen molar-refractivity contribution < 1.29 is 14.4 Å². The van der Waals surface area contributed by atoms with Gasteiger partial charge in [0.05, 0.1) is 23.9 Å². The van der Waals surface area contributed by atoms with Crippen LogP contribution in [0.15, 0.2) is 35.3 Å². The maximum Gasteiger partial charge on any atom is 0.233 e. The lowest BCUT2D eigenvalue weighted by atomic mass is 9.81. The number of nitrogens with zero attached hydrogens (tertiary/aromatic N) is 3. The van der Waals surface area contributed by atoms with Crippen LogP contribution in [0.1, 0.15) is 51.5 Å². The summed E-state index contributed by atoms with van der Waals surface area (Å²) in [5.74, 6) is 0.215. The molecule has 6 nitrogen and oxygen atoms in total. The molecule has 160 valence electrons. The highest BCUT2D eigenvalue weighted by atomic mass is 32.2. The van der Waals surface area contributed by atoms with Crippen molar-refractivity contribution in [2.75, 3.05) is 12.3 Å². The third-order valence-electron chi connectivity index (χ3n) is 6.32. The molecule has 0 unspecified atom stereocenters. The van der Waals surface area contributed by atoms with E-state index in [2.05, 4.69) is 0 Å². The fourth-order valence-electron chi connectivity index (χ4n) is 4.70.